The van der Waals surface area contributed by atoms with Gasteiger partial charge >= 0.3 is 0 Å². The van der Waals surface area contributed by atoms with Crippen molar-refractivity contribution >= 4 is 0 Å². The Labute approximate surface area is 86.8 Å². The van der Waals surface area contributed by atoms with Crippen LogP contribution in [0.5, 0.6) is 0 Å². The van der Waals surface area contributed by atoms with Gasteiger partial charge < -0.3 is 5.32 Å². The number of nitrogens with one attached hydrogen (secondary N) is 1. The molecule has 1 N–H and O–H groups in total. The fourth-order valence-corrected chi connectivity index (χ4v) is 1.28. The maximum absolute atomic E-state index is 3.45. The summed E-state index contributed by atoms with van der Waals surface area (Å²) >= 11 is 0. The molecule has 1 heteroatoms. The highest BCUT2D eigenvalue weighted by molar-refractivity contribution is 5.14. The molecule has 1 nitrogen and oxygen atoms in total. The summed E-state index contributed by atoms with van der Waals surface area (Å²) < 4.78 is 0. The van der Waals surface area contributed by atoms with Crippen LogP contribution in [0.15, 0.2) is 42.5 Å². The van der Waals surface area contributed by atoms with Crippen LogP contribution >= 0.6 is 0 Å². The van der Waals surface area contributed by atoms with E-state index in [4.69, 9.17) is 0 Å². The van der Waals surface area contributed by atoms with Crippen molar-refractivity contribution in [2.24, 2.45) is 0 Å². The second-order valence-corrected chi connectivity index (χ2v) is 3.49. The van der Waals surface area contributed by atoms with Crippen LogP contribution in [-0.4, -0.2) is 6.04 Å². The summed E-state index contributed by atoms with van der Waals surface area (Å²) in [6.45, 7) is 5.27. The number of benzene rings is 1. The van der Waals surface area contributed by atoms with Crippen LogP contribution in [0, 0.1) is 0 Å². The second kappa shape index (κ2) is 6.39. The Morgan fingerprint density at radius 1 is 1.29 bits per heavy atom. The Morgan fingerprint density at radius 2 is 2.00 bits per heavy atom. The number of rotatable bonds is 5. The zero-order chi connectivity index (χ0) is 10.2. The number of hydrogen-bond acceptors (Lipinski definition) is 1. The van der Waals surface area contributed by atoms with E-state index in [2.05, 4.69) is 55.6 Å². The topological polar surface area (TPSA) is 12.0 Å². The van der Waals surface area contributed by atoms with Crippen LogP contribution in [-0.2, 0) is 6.54 Å². The van der Waals surface area contributed by atoms with Gasteiger partial charge in [-0.25, -0.2) is 0 Å². The molecule has 1 atom stereocenters. The molecule has 76 valence electrons. The van der Waals surface area contributed by atoms with Crippen molar-refractivity contribution in [3.8, 4) is 0 Å². The van der Waals surface area contributed by atoms with E-state index in [1.807, 2.05) is 6.07 Å². The van der Waals surface area contributed by atoms with Crippen molar-refractivity contribution in [2.75, 3.05) is 0 Å². The maximum atomic E-state index is 3.45. The average molecular weight is 189 g/mol. The molecule has 0 radical (unpaired) electrons. The van der Waals surface area contributed by atoms with Crippen LogP contribution in [0.25, 0.3) is 0 Å². The Morgan fingerprint density at radius 3 is 2.64 bits per heavy atom. The Hall–Kier alpha value is -1.08. The first-order valence-electron chi connectivity index (χ1n) is 5.27. The molecule has 1 aromatic carbocycles. The van der Waals surface area contributed by atoms with E-state index in [0.29, 0.717) is 6.04 Å². The Kier molecular flexibility index (Phi) is 5.02. The van der Waals surface area contributed by atoms with Crippen LogP contribution in [0.1, 0.15) is 25.8 Å². The summed E-state index contributed by atoms with van der Waals surface area (Å²) in [5.74, 6) is 0. The predicted molar refractivity (Wildman–Crippen MR) is 62.2 cm³/mol. The van der Waals surface area contributed by atoms with Crippen molar-refractivity contribution < 1.29 is 0 Å². The van der Waals surface area contributed by atoms with E-state index in [1.165, 1.54) is 5.56 Å². The lowest BCUT2D eigenvalue weighted by Crippen LogP contribution is -2.23. The number of allylic oxidation sites excluding steroid dienone is 1. The zero-order valence-corrected chi connectivity index (χ0v) is 9.03. The molecule has 0 aliphatic carbocycles. The van der Waals surface area contributed by atoms with Gasteiger partial charge in [-0.3, -0.25) is 0 Å². The maximum Gasteiger partial charge on any atom is 0.0224 e. The SMILES string of the molecule is CC/C=C/C(C)NCc1ccccc1. The highest BCUT2D eigenvalue weighted by Gasteiger charge is 1.95. The minimum atomic E-state index is 0.454. The summed E-state index contributed by atoms with van der Waals surface area (Å²) in [4.78, 5) is 0. The lowest BCUT2D eigenvalue weighted by atomic mass is 10.2. The molecule has 0 aliphatic heterocycles. The third kappa shape index (κ3) is 4.24. The molecule has 0 bridgehead atoms. The molecule has 0 heterocycles. The summed E-state index contributed by atoms with van der Waals surface area (Å²) in [5, 5.41) is 3.45. The van der Waals surface area contributed by atoms with E-state index in [-0.39, 0.29) is 0 Å². The highest BCUT2D eigenvalue weighted by Crippen LogP contribution is 1.98. The zero-order valence-electron chi connectivity index (χ0n) is 9.03. The van der Waals surface area contributed by atoms with Gasteiger partial charge in [0.05, 0.1) is 0 Å². The van der Waals surface area contributed by atoms with Crippen LogP contribution < -0.4 is 5.32 Å². The van der Waals surface area contributed by atoms with E-state index in [0.717, 1.165) is 13.0 Å². The van der Waals surface area contributed by atoms with Gasteiger partial charge in [-0.05, 0) is 18.9 Å². The second-order valence-electron chi connectivity index (χ2n) is 3.49. The van der Waals surface area contributed by atoms with Gasteiger partial charge in [-0.2, -0.15) is 0 Å². The van der Waals surface area contributed by atoms with E-state index >= 15 is 0 Å². The molecule has 0 amide bonds. The van der Waals surface area contributed by atoms with Gasteiger partial charge in [-0.15, -0.1) is 0 Å². The largest absolute Gasteiger partial charge is 0.307 e. The summed E-state index contributed by atoms with van der Waals surface area (Å²) in [6, 6.07) is 10.9. The molecule has 0 saturated carbocycles. The molecule has 1 unspecified atom stereocenters. The van der Waals surface area contributed by atoms with Gasteiger partial charge in [-0.1, -0.05) is 49.4 Å². The van der Waals surface area contributed by atoms with Gasteiger partial charge in [0, 0.05) is 12.6 Å². The molecular formula is C13H19N. The third-order valence-corrected chi connectivity index (χ3v) is 2.13. The molecule has 0 spiro atoms. The van der Waals surface area contributed by atoms with E-state index in [1.54, 1.807) is 0 Å². The lowest BCUT2D eigenvalue weighted by Gasteiger charge is -2.09. The predicted octanol–water partition coefficient (Wildman–Crippen LogP) is 3.13. The van der Waals surface area contributed by atoms with Crippen molar-refractivity contribution in [2.45, 2.75) is 32.9 Å². The van der Waals surface area contributed by atoms with Gasteiger partial charge in [0.25, 0.3) is 0 Å². The summed E-state index contributed by atoms with van der Waals surface area (Å²) in [5.41, 5.74) is 1.34. The molecule has 14 heavy (non-hydrogen) atoms. The standard InChI is InChI=1S/C13H19N/c1-3-4-8-12(2)14-11-13-9-6-5-7-10-13/h4-10,12,14H,3,11H2,1-2H3/b8-4+. The molecule has 0 saturated heterocycles. The average Bonchev–Trinajstić information content (AvgIpc) is 2.25. The minimum absolute atomic E-state index is 0.454. The molecule has 0 fully saturated rings. The molecular weight excluding hydrogens is 170 g/mol. The Balaban J connectivity index is 2.30. The van der Waals surface area contributed by atoms with Gasteiger partial charge in [0.2, 0.25) is 0 Å². The molecule has 0 aliphatic rings. The fourth-order valence-electron chi connectivity index (χ4n) is 1.28. The molecule has 0 aromatic heterocycles. The summed E-state index contributed by atoms with van der Waals surface area (Å²) in [7, 11) is 0. The van der Waals surface area contributed by atoms with E-state index < -0.39 is 0 Å². The van der Waals surface area contributed by atoms with Crippen molar-refractivity contribution in [1.82, 2.24) is 5.32 Å². The first-order chi connectivity index (χ1) is 6.83. The van der Waals surface area contributed by atoms with Crippen molar-refractivity contribution in [1.29, 1.82) is 0 Å². The van der Waals surface area contributed by atoms with Gasteiger partial charge in [0.15, 0.2) is 0 Å². The number of hydrogen-bond donors (Lipinski definition) is 1. The normalized spacial score (nSPS) is 13.3. The molecule has 1 rings (SSSR count). The van der Waals surface area contributed by atoms with Gasteiger partial charge in [0.1, 0.15) is 0 Å². The molecule has 1 aromatic rings. The first kappa shape index (κ1) is 11.0. The van der Waals surface area contributed by atoms with Crippen molar-refractivity contribution in [3.05, 3.63) is 48.0 Å². The first-order valence-corrected chi connectivity index (χ1v) is 5.27. The summed E-state index contributed by atoms with van der Waals surface area (Å²) in [6.07, 6.45) is 5.52. The quantitative estimate of drug-likeness (QED) is 0.702. The fraction of sp³-hybridized carbons (Fsp3) is 0.385. The smallest absolute Gasteiger partial charge is 0.0224 e. The lowest BCUT2D eigenvalue weighted by molar-refractivity contribution is 0.632. The third-order valence-electron chi connectivity index (χ3n) is 2.13. The minimum Gasteiger partial charge on any atom is -0.307 e. The monoisotopic (exact) mass is 189 g/mol. The van der Waals surface area contributed by atoms with Crippen LogP contribution in [0.4, 0.5) is 0 Å². The van der Waals surface area contributed by atoms with Crippen molar-refractivity contribution in [3.63, 3.8) is 0 Å². The van der Waals surface area contributed by atoms with Crippen LogP contribution in [0.2, 0.25) is 0 Å². The highest BCUT2D eigenvalue weighted by atomic mass is 14.9. The van der Waals surface area contributed by atoms with E-state index in [9.17, 15) is 0 Å². The Bertz CT molecular complexity index is 264. The van der Waals surface area contributed by atoms with Crippen LogP contribution in [0.3, 0.4) is 0 Å².